The lowest BCUT2D eigenvalue weighted by Crippen LogP contribution is -2.07. The summed E-state index contributed by atoms with van der Waals surface area (Å²) in [5, 5.41) is 14.9. The first kappa shape index (κ1) is 15.3. The smallest absolute Gasteiger partial charge is 0.0845 e. The summed E-state index contributed by atoms with van der Waals surface area (Å²) in [6.07, 6.45) is 1.96. The summed E-state index contributed by atoms with van der Waals surface area (Å²) in [4.78, 5) is 0. The summed E-state index contributed by atoms with van der Waals surface area (Å²) in [6, 6.07) is 8.17. The van der Waals surface area contributed by atoms with Crippen LogP contribution < -0.4 is 0 Å². The highest BCUT2D eigenvalue weighted by Gasteiger charge is 2.17. The van der Waals surface area contributed by atoms with Crippen LogP contribution >= 0.6 is 15.9 Å². The number of benzene rings is 1. The standard InChI is InChI=1S/C16H21BrN2O/c1-4-11-6-8-12(9-7-11)15(20)10-14-16(17)13(5-2)18-19(14)3/h6-9,15,20H,4-5,10H2,1-3H3. The van der Waals surface area contributed by atoms with Crippen molar-refractivity contribution in [1.82, 2.24) is 9.78 Å². The maximum Gasteiger partial charge on any atom is 0.0845 e. The molecule has 2 aromatic rings. The summed E-state index contributed by atoms with van der Waals surface area (Å²) >= 11 is 3.59. The molecule has 108 valence electrons. The van der Waals surface area contributed by atoms with Gasteiger partial charge in [0.25, 0.3) is 0 Å². The van der Waals surface area contributed by atoms with Gasteiger partial charge in [-0.1, -0.05) is 38.1 Å². The van der Waals surface area contributed by atoms with Crippen LogP contribution in [0, 0.1) is 0 Å². The fourth-order valence-electron chi connectivity index (χ4n) is 2.32. The SMILES string of the molecule is CCc1ccc(C(O)Cc2c(Br)c(CC)nn2C)cc1. The molecule has 0 fully saturated rings. The number of halogens is 1. The van der Waals surface area contributed by atoms with E-state index in [0.717, 1.165) is 34.3 Å². The predicted octanol–water partition coefficient (Wildman–Crippen LogP) is 3.58. The van der Waals surface area contributed by atoms with Crippen molar-refractivity contribution in [2.75, 3.05) is 0 Å². The second-order valence-electron chi connectivity index (χ2n) is 5.00. The van der Waals surface area contributed by atoms with E-state index >= 15 is 0 Å². The molecular weight excluding hydrogens is 316 g/mol. The molecule has 0 amide bonds. The Morgan fingerprint density at radius 3 is 2.35 bits per heavy atom. The Balaban J connectivity index is 2.18. The van der Waals surface area contributed by atoms with Crippen molar-refractivity contribution in [3.8, 4) is 0 Å². The Morgan fingerprint density at radius 2 is 1.85 bits per heavy atom. The number of aromatic nitrogens is 2. The fourth-order valence-corrected chi connectivity index (χ4v) is 3.10. The summed E-state index contributed by atoms with van der Waals surface area (Å²) in [5.74, 6) is 0. The molecule has 0 aliphatic heterocycles. The van der Waals surface area contributed by atoms with Crippen LogP contribution in [0.1, 0.15) is 42.5 Å². The Kier molecular flexibility index (Phi) is 5.00. The molecule has 4 heteroatoms. The average molecular weight is 337 g/mol. The molecule has 1 aromatic heterocycles. The van der Waals surface area contributed by atoms with Crippen molar-refractivity contribution in [3.05, 3.63) is 51.3 Å². The van der Waals surface area contributed by atoms with Gasteiger partial charge in [0.1, 0.15) is 0 Å². The number of hydrogen-bond acceptors (Lipinski definition) is 2. The van der Waals surface area contributed by atoms with Gasteiger partial charge in [-0.2, -0.15) is 5.10 Å². The molecule has 1 N–H and O–H groups in total. The third kappa shape index (κ3) is 3.13. The van der Waals surface area contributed by atoms with Crippen molar-refractivity contribution in [2.45, 2.75) is 39.2 Å². The average Bonchev–Trinajstić information content (AvgIpc) is 2.74. The third-order valence-corrected chi connectivity index (χ3v) is 4.58. The minimum Gasteiger partial charge on any atom is -0.388 e. The normalized spacial score (nSPS) is 12.7. The van der Waals surface area contributed by atoms with Gasteiger partial charge in [-0.15, -0.1) is 0 Å². The molecule has 0 saturated heterocycles. The van der Waals surface area contributed by atoms with Crippen LogP contribution in [0.15, 0.2) is 28.7 Å². The zero-order valence-electron chi connectivity index (χ0n) is 12.2. The van der Waals surface area contributed by atoms with Gasteiger partial charge in [0.15, 0.2) is 0 Å². The molecule has 0 aliphatic carbocycles. The minimum absolute atomic E-state index is 0.502. The van der Waals surface area contributed by atoms with Gasteiger partial charge in [0.05, 0.1) is 22.0 Å². The van der Waals surface area contributed by atoms with Gasteiger partial charge >= 0.3 is 0 Å². The van der Waals surface area contributed by atoms with Crippen LogP contribution in [-0.2, 0) is 26.3 Å². The highest BCUT2D eigenvalue weighted by Crippen LogP contribution is 2.26. The van der Waals surface area contributed by atoms with Crippen molar-refractivity contribution in [2.24, 2.45) is 7.05 Å². The quantitative estimate of drug-likeness (QED) is 0.906. The minimum atomic E-state index is -0.502. The maximum atomic E-state index is 10.4. The van der Waals surface area contributed by atoms with Crippen molar-refractivity contribution in [1.29, 1.82) is 0 Å². The van der Waals surface area contributed by atoms with Gasteiger partial charge in [-0.25, -0.2) is 0 Å². The summed E-state index contributed by atoms with van der Waals surface area (Å²) < 4.78 is 2.87. The maximum absolute atomic E-state index is 10.4. The van der Waals surface area contributed by atoms with E-state index in [2.05, 4.69) is 47.0 Å². The predicted molar refractivity (Wildman–Crippen MR) is 84.8 cm³/mol. The lowest BCUT2D eigenvalue weighted by molar-refractivity contribution is 0.175. The lowest BCUT2D eigenvalue weighted by Gasteiger charge is -2.12. The number of aliphatic hydroxyl groups excluding tert-OH is 1. The van der Waals surface area contributed by atoms with E-state index in [1.807, 2.05) is 23.9 Å². The zero-order chi connectivity index (χ0) is 14.7. The van der Waals surface area contributed by atoms with Gasteiger partial charge in [-0.05, 0) is 39.9 Å². The first-order valence-electron chi connectivity index (χ1n) is 7.03. The topological polar surface area (TPSA) is 38.1 Å². The lowest BCUT2D eigenvalue weighted by atomic mass is 10.0. The Bertz CT molecular complexity index is 575. The van der Waals surface area contributed by atoms with E-state index in [0.29, 0.717) is 6.42 Å². The largest absolute Gasteiger partial charge is 0.388 e. The fraction of sp³-hybridized carbons (Fsp3) is 0.438. The van der Waals surface area contributed by atoms with Crippen LogP contribution in [0.2, 0.25) is 0 Å². The number of rotatable bonds is 5. The van der Waals surface area contributed by atoms with Gasteiger partial charge in [-0.3, -0.25) is 4.68 Å². The molecule has 1 unspecified atom stereocenters. The van der Waals surface area contributed by atoms with Crippen LogP contribution in [-0.4, -0.2) is 14.9 Å². The molecule has 1 aromatic carbocycles. The first-order chi connectivity index (χ1) is 9.56. The summed E-state index contributed by atoms with van der Waals surface area (Å²) in [6.45, 7) is 4.21. The van der Waals surface area contributed by atoms with E-state index in [4.69, 9.17) is 0 Å². The molecule has 2 rings (SSSR count). The molecule has 0 aliphatic rings. The van der Waals surface area contributed by atoms with Crippen LogP contribution in [0.3, 0.4) is 0 Å². The van der Waals surface area contributed by atoms with Gasteiger partial charge in [0.2, 0.25) is 0 Å². The highest BCUT2D eigenvalue weighted by atomic mass is 79.9. The van der Waals surface area contributed by atoms with Crippen molar-refractivity contribution in [3.63, 3.8) is 0 Å². The molecule has 1 atom stereocenters. The second kappa shape index (κ2) is 6.55. The molecule has 0 radical (unpaired) electrons. The van der Waals surface area contributed by atoms with E-state index in [9.17, 15) is 5.11 Å². The number of nitrogens with zero attached hydrogens (tertiary/aromatic N) is 2. The monoisotopic (exact) mass is 336 g/mol. The van der Waals surface area contributed by atoms with Gasteiger partial charge in [0, 0.05) is 13.5 Å². The molecule has 0 saturated carbocycles. The summed E-state index contributed by atoms with van der Waals surface area (Å²) in [5.41, 5.74) is 4.31. The van der Waals surface area contributed by atoms with Crippen molar-refractivity contribution >= 4 is 15.9 Å². The molecule has 1 heterocycles. The zero-order valence-corrected chi connectivity index (χ0v) is 13.8. The van der Waals surface area contributed by atoms with E-state index < -0.39 is 6.10 Å². The molecule has 20 heavy (non-hydrogen) atoms. The Labute approximate surface area is 128 Å². The summed E-state index contributed by atoms with van der Waals surface area (Å²) in [7, 11) is 1.92. The third-order valence-electron chi connectivity index (χ3n) is 3.66. The van der Waals surface area contributed by atoms with Crippen LogP contribution in [0.25, 0.3) is 0 Å². The Morgan fingerprint density at radius 1 is 1.20 bits per heavy atom. The van der Waals surface area contributed by atoms with Crippen molar-refractivity contribution < 1.29 is 5.11 Å². The second-order valence-corrected chi connectivity index (χ2v) is 5.79. The van der Waals surface area contributed by atoms with E-state index in [1.165, 1.54) is 5.56 Å². The number of aryl methyl sites for hydroxylation is 3. The highest BCUT2D eigenvalue weighted by molar-refractivity contribution is 9.10. The molecular formula is C16H21BrN2O. The Hall–Kier alpha value is -1.13. The van der Waals surface area contributed by atoms with Crippen LogP contribution in [0.5, 0.6) is 0 Å². The van der Waals surface area contributed by atoms with Crippen LogP contribution in [0.4, 0.5) is 0 Å². The molecule has 0 spiro atoms. The molecule has 0 bridgehead atoms. The van der Waals surface area contributed by atoms with E-state index in [-0.39, 0.29) is 0 Å². The molecule has 3 nitrogen and oxygen atoms in total. The number of hydrogen-bond donors (Lipinski definition) is 1. The van der Waals surface area contributed by atoms with E-state index in [1.54, 1.807) is 0 Å². The van der Waals surface area contributed by atoms with Gasteiger partial charge < -0.3 is 5.11 Å². The number of aliphatic hydroxyl groups is 1. The first-order valence-corrected chi connectivity index (χ1v) is 7.83.